The van der Waals surface area contributed by atoms with Crippen molar-refractivity contribution in [2.75, 3.05) is 11.9 Å². The van der Waals surface area contributed by atoms with Crippen LogP contribution in [0.2, 0.25) is 0 Å². The predicted octanol–water partition coefficient (Wildman–Crippen LogP) is 4.85. The zero-order chi connectivity index (χ0) is 27.2. The Balaban J connectivity index is 1.44. The molecule has 4 heterocycles. The van der Waals surface area contributed by atoms with Gasteiger partial charge in [0.1, 0.15) is 17.1 Å². The number of hydrogen-bond acceptors (Lipinski definition) is 8. The second-order valence-electron chi connectivity index (χ2n) is 11.2. The van der Waals surface area contributed by atoms with Gasteiger partial charge in [0, 0.05) is 36.3 Å². The average Bonchev–Trinajstić information content (AvgIpc) is 3.37. The number of aromatic nitrogens is 4. The van der Waals surface area contributed by atoms with Gasteiger partial charge < -0.3 is 15.0 Å². The molecule has 0 unspecified atom stereocenters. The largest absolute Gasteiger partial charge is 0.444 e. The van der Waals surface area contributed by atoms with Gasteiger partial charge in [0.05, 0.1) is 12.1 Å². The molecule has 0 bridgehead atoms. The Morgan fingerprint density at radius 3 is 2.55 bits per heavy atom. The van der Waals surface area contributed by atoms with E-state index in [1.54, 1.807) is 22.6 Å². The van der Waals surface area contributed by atoms with Crippen LogP contribution in [-0.2, 0) is 17.7 Å². The van der Waals surface area contributed by atoms with Gasteiger partial charge in [-0.15, -0.1) is 0 Å². The second-order valence-corrected chi connectivity index (χ2v) is 11.2. The monoisotopic (exact) mass is 518 g/mol. The number of anilines is 2. The number of nitrogens with one attached hydrogen (secondary N) is 1. The molecule has 1 saturated carbocycles. The molecule has 200 valence electrons. The summed E-state index contributed by atoms with van der Waals surface area (Å²) in [4.78, 5) is 53.9. The summed E-state index contributed by atoms with van der Waals surface area (Å²) in [6.45, 7) is 9.74. The fraction of sp³-hybridized carbons (Fsp3) is 0.500. The molecule has 0 saturated heterocycles. The zero-order valence-electron chi connectivity index (χ0n) is 22.6. The fourth-order valence-electron chi connectivity index (χ4n) is 5.39. The highest BCUT2D eigenvalue weighted by Gasteiger charge is 2.28. The Morgan fingerprint density at radius 1 is 1.13 bits per heavy atom. The van der Waals surface area contributed by atoms with Crippen molar-refractivity contribution in [3.8, 4) is 0 Å². The minimum atomic E-state index is -0.543. The summed E-state index contributed by atoms with van der Waals surface area (Å²) in [5, 5.41) is 3.89. The van der Waals surface area contributed by atoms with Crippen LogP contribution in [0.3, 0.4) is 0 Å². The van der Waals surface area contributed by atoms with Crippen LogP contribution in [-0.4, -0.2) is 48.4 Å². The predicted molar refractivity (Wildman–Crippen MR) is 144 cm³/mol. The van der Waals surface area contributed by atoms with Gasteiger partial charge in [-0.3, -0.25) is 14.2 Å². The number of fused-ring (bicyclic) bond motifs is 2. The molecule has 1 aliphatic heterocycles. The molecule has 10 heteroatoms. The Bertz CT molecular complexity index is 1480. The zero-order valence-corrected chi connectivity index (χ0v) is 22.6. The van der Waals surface area contributed by atoms with Crippen LogP contribution in [0.25, 0.3) is 11.0 Å². The summed E-state index contributed by atoms with van der Waals surface area (Å²) in [6, 6.07) is 3.79. The molecule has 0 spiro atoms. The molecule has 0 aromatic carbocycles. The molecule has 1 amide bonds. The van der Waals surface area contributed by atoms with Crippen LogP contribution in [0, 0.1) is 6.92 Å². The molecule has 3 aromatic heterocycles. The van der Waals surface area contributed by atoms with E-state index in [4.69, 9.17) is 14.7 Å². The van der Waals surface area contributed by atoms with Crippen molar-refractivity contribution in [3.05, 3.63) is 51.1 Å². The van der Waals surface area contributed by atoms with E-state index in [-0.39, 0.29) is 29.0 Å². The van der Waals surface area contributed by atoms with E-state index >= 15 is 0 Å². The van der Waals surface area contributed by atoms with E-state index in [0.29, 0.717) is 47.9 Å². The molecule has 10 nitrogen and oxygen atoms in total. The third-order valence-electron chi connectivity index (χ3n) is 7.19. The summed E-state index contributed by atoms with van der Waals surface area (Å²) in [5.74, 6) is 0.671. The first kappa shape index (κ1) is 25.8. The Labute approximate surface area is 221 Å². The van der Waals surface area contributed by atoms with Crippen LogP contribution in [0.1, 0.15) is 86.6 Å². The Morgan fingerprint density at radius 2 is 1.87 bits per heavy atom. The molecule has 0 atom stereocenters. The van der Waals surface area contributed by atoms with Crippen molar-refractivity contribution in [1.82, 2.24) is 24.4 Å². The van der Waals surface area contributed by atoms with Crippen molar-refractivity contribution < 1.29 is 14.3 Å². The van der Waals surface area contributed by atoms with E-state index in [9.17, 15) is 14.4 Å². The molecule has 0 radical (unpaired) electrons. The number of ketones is 1. The maximum atomic E-state index is 13.4. The van der Waals surface area contributed by atoms with Gasteiger partial charge in [0.2, 0.25) is 5.95 Å². The van der Waals surface area contributed by atoms with Crippen LogP contribution in [0.15, 0.2) is 23.1 Å². The van der Waals surface area contributed by atoms with E-state index in [0.717, 1.165) is 36.9 Å². The first-order chi connectivity index (χ1) is 18.0. The molecule has 3 aromatic rings. The lowest BCUT2D eigenvalue weighted by Gasteiger charge is -2.30. The first-order valence-corrected chi connectivity index (χ1v) is 13.2. The minimum absolute atomic E-state index is 0.0150. The van der Waals surface area contributed by atoms with Crippen LogP contribution >= 0.6 is 0 Å². The highest BCUT2D eigenvalue weighted by molar-refractivity contribution is 5.99. The van der Waals surface area contributed by atoms with E-state index in [1.165, 1.54) is 6.92 Å². The van der Waals surface area contributed by atoms with Crippen molar-refractivity contribution in [1.29, 1.82) is 0 Å². The van der Waals surface area contributed by atoms with E-state index < -0.39 is 5.60 Å². The smallest absolute Gasteiger partial charge is 0.410 e. The number of pyridine rings is 2. The number of carbonyl (C=O) groups excluding carboxylic acids is 2. The lowest BCUT2D eigenvalue weighted by molar-refractivity contribution is 0.0222. The molecule has 1 N–H and O–H groups in total. The van der Waals surface area contributed by atoms with E-state index in [1.807, 2.05) is 32.9 Å². The van der Waals surface area contributed by atoms with Crippen molar-refractivity contribution in [2.24, 2.45) is 0 Å². The molecular formula is C28H34N6O4. The fourth-order valence-corrected chi connectivity index (χ4v) is 5.39. The number of rotatable bonds is 4. The highest BCUT2D eigenvalue weighted by Crippen LogP contribution is 2.32. The molecule has 38 heavy (non-hydrogen) atoms. The van der Waals surface area contributed by atoms with Crippen molar-refractivity contribution >= 4 is 34.7 Å². The Hall–Kier alpha value is -3.82. The number of aryl methyl sites for hydroxylation is 1. The summed E-state index contributed by atoms with van der Waals surface area (Å²) in [5.41, 5.74) is 2.41. The van der Waals surface area contributed by atoms with Gasteiger partial charge in [-0.2, -0.15) is 4.98 Å². The number of ether oxygens (including phenoxy) is 1. The maximum Gasteiger partial charge on any atom is 0.410 e. The van der Waals surface area contributed by atoms with Gasteiger partial charge >= 0.3 is 6.09 Å². The molecule has 1 fully saturated rings. The molecule has 1 aliphatic carbocycles. The normalized spacial score (nSPS) is 16.0. The number of nitrogens with zero attached hydrogens (tertiary/aromatic N) is 5. The van der Waals surface area contributed by atoms with Gasteiger partial charge in [-0.25, -0.2) is 14.8 Å². The molecular weight excluding hydrogens is 484 g/mol. The average molecular weight is 519 g/mol. The summed E-state index contributed by atoms with van der Waals surface area (Å²) >= 11 is 0. The number of amides is 1. The van der Waals surface area contributed by atoms with Crippen LogP contribution in [0.5, 0.6) is 0 Å². The lowest BCUT2D eigenvalue weighted by atomic mass is 10.0. The number of hydrogen-bond donors (Lipinski definition) is 1. The van der Waals surface area contributed by atoms with E-state index in [2.05, 4.69) is 10.3 Å². The summed E-state index contributed by atoms with van der Waals surface area (Å²) in [7, 11) is 0. The summed E-state index contributed by atoms with van der Waals surface area (Å²) in [6.07, 6.45) is 5.81. The molecule has 2 aliphatic rings. The third kappa shape index (κ3) is 4.99. The van der Waals surface area contributed by atoms with Gasteiger partial charge in [0.15, 0.2) is 5.78 Å². The van der Waals surface area contributed by atoms with Crippen LogP contribution in [0.4, 0.5) is 16.6 Å². The van der Waals surface area contributed by atoms with Gasteiger partial charge in [-0.1, -0.05) is 18.9 Å². The van der Waals surface area contributed by atoms with Crippen molar-refractivity contribution in [2.45, 2.75) is 84.9 Å². The standard InChI is InChI=1S/C28H34N6O4/c1-16-20-14-29-26(32-24(20)34(19-8-6-7-9-19)25(36)23(16)17(2)35)31-22-11-10-18-15-33(13-12-21(18)30-22)27(37)38-28(3,4)5/h10-11,14,19H,6-9,12-13,15H2,1-5H3,(H,29,30,31,32). The Kier molecular flexibility index (Phi) is 6.66. The second kappa shape index (κ2) is 9.81. The quantitative estimate of drug-likeness (QED) is 0.487. The summed E-state index contributed by atoms with van der Waals surface area (Å²) < 4.78 is 7.21. The third-order valence-corrected chi connectivity index (χ3v) is 7.19. The maximum absolute atomic E-state index is 13.4. The number of carbonyl (C=O) groups is 2. The topological polar surface area (TPSA) is 119 Å². The minimum Gasteiger partial charge on any atom is -0.444 e. The van der Waals surface area contributed by atoms with Crippen LogP contribution < -0.4 is 10.9 Å². The van der Waals surface area contributed by atoms with Crippen molar-refractivity contribution in [3.63, 3.8) is 0 Å². The lowest BCUT2D eigenvalue weighted by Crippen LogP contribution is -2.40. The van der Waals surface area contributed by atoms with Gasteiger partial charge in [0.25, 0.3) is 5.56 Å². The number of Topliss-reactive ketones (excluding diaryl/α,β-unsaturated/α-hetero) is 1. The van der Waals surface area contributed by atoms with Gasteiger partial charge in [-0.05, 0) is 64.7 Å². The SMILES string of the molecule is CC(=O)c1c(C)c2cnc(Nc3ccc4c(n3)CCN(C(=O)OC(C)(C)C)C4)nc2n(C2CCCC2)c1=O. The first-order valence-electron chi connectivity index (χ1n) is 13.2. The molecule has 5 rings (SSSR count). The highest BCUT2D eigenvalue weighted by atomic mass is 16.6.